The van der Waals surface area contributed by atoms with Crippen molar-refractivity contribution in [3.63, 3.8) is 0 Å². The number of fused-ring (bicyclic) bond motifs is 1. The summed E-state index contributed by atoms with van der Waals surface area (Å²) in [5.74, 6) is -0.0226. The topological polar surface area (TPSA) is 91.8 Å². The third-order valence-corrected chi connectivity index (χ3v) is 5.66. The first-order valence-corrected chi connectivity index (χ1v) is 10.2. The molecule has 0 spiro atoms. The number of anilines is 3. The summed E-state index contributed by atoms with van der Waals surface area (Å²) in [5.41, 5.74) is 11.2. The molecule has 3 N–H and O–H groups in total. The van der Waals surface area contributed by atoms with E-state index in [-0.39, 0.29) is 23.6 Å². The van der Waals surface area contributed by atoms with Crippen LogP contribution in [0.5, 0.6) is 0 Å². The van der Waals surface area contributed by atoms with Crippen molar-refractivity contribution in [3.05, 3.63) is 66.1 Å². The first-order chi connectivity index (χ1) is 14.9. The number of hydrogen-bond donors (Lipinski definition) is 2. The van der Waals surface area contributed by atoms with Gasteiger partial charge in [-0.05, 0) is 60.0 Å². The quantitative estimate of drug-likeness (QED) is 0.672. The molecule has 0 fully saturated rings. The Labute approximate surface area is 181 Å². The SMILES string of the molecule is CNc1ccc(-c2ccc3c(c2)N(C(=O)c2ccco2)C[C@H](C)N3C(C)=O)cc1CN. The number of rotatable bonds is 4. The number of hydrogen-bond acceptors (Lipinski definition) is 5. The highest BCUT2D eigenvalue weighted by molar-refractivity contribution is 6.10. The number of nitrogens with two attached hydrogens (primary N) is 1. The molecule has 2 heterocycles. The van der Waals surface area contributed by atoms with Gasteiger partial charge in [0.25, 0.3) is 5.91 Å². The van der Waals surface area contributed by atoms with Crippen LogP contribution in [0, 0.1) is 0 Å². The molecule has 1 aliphatic rings. The Kier molecular flexibility index (Phi) is 5.52. The van der Waals surface area contributed by atoms with Crippen molar-refractivity contribution >= 4 is 28.9 Å². The lowest BCUT2D eigenvalue weighted by Crippen LogP contribution is -2.51. The molecule has 0 aliphatic carbocycles. The fraction of sp³-hybridized carbons (Fsp3) is 0.250. The van der Waals surface area contributed by atoms with E-state index >= 15 is 0 Å². The van der Waals surface area contributed by atoms with Crippen LogP contribution in [0.2, 0.25) is 0 Å². The molecule has 3 aromatic rings. The molecule has 0 unspecified atom stereocenters. The van der Waals surface area contributed by atoms with Crippen LogP contribution < -0.4 is 20.9 Å². The highest BCUT2D eigenvalue weighted by atomic mass is 16.3. The van der Waals surface area contributed by atoms with Crippen molar-refractivity contribution in [2.75, 3.05) is 28.7 Å². The molecular weight excluding hydrogens is 392 g/mol. The van der Waals surface area contributed by atoms with Crippen LogP contribution in [0.4, 0.5) is 17.1 Å². The molecule has 1 atom stereocenters. The highest BCUT2D eigenvalue weighted by Crippen LogP contribution is 2.40. The number of furan rings is 1. The van der Waals surface area contributed by atoms with Gasteiger partial charge in [0.05, 0.1) is 23.7 Å². The normalized spacial score (nSPS) is 15.5. The van der Waals surface area contributed by atoms with Gasteiger partial charge in [0.1, 0.15) is 0 Å². The first kappa shape index (κ1) is 20.7. The van der Waals surface area contributed by atoms with Gasteiger partial charge in [-0.3, -0.25) is 9.59 Å². The Morgan fingerprint density at radius 2 is 1.87 bits per heavy atom. The number of carbonyl (C=O) groups is 2. The molecule has 7 nitrogen and oxygen atoms in total. The molecule has 1 aromatic heterocycles. The zero-order valence-corrected chi connectivity index (χ0v) is 17.9. The first-order valence-electron chi connectivity index (χ1n) is 10.2. The minimum atomic E-state index is -0.230. The molecule has 0 saturated heterocycles. The molecule has 4 rings (SSSR count). The molecule has 1 aliphatic heterocycles. The van der Waals surface area contributed by atoms with Gasteiger partial charge in [-0.15, -0.1) is 0 Å². The maximum atomic E-state index is 13.2. The van der Waals surface area contributed by atoms with Crippen molar-refractivity contribution in [1.29, 1.82) is 0 Å². The van der Waals surface area contributed by atoms with Crippen LogP contribution >= 0.6 is 0 Å². The molecular formula is C24H26N4O3. The standard InChI is InChI=1S/C24H26N4O3/c1-15-14-27(24(30)23-5-4-10-31-23)22-12-18(7-9-21(22)28(15)16(2)29)17-6-8-20(26-3)19(11-17)13-25/h4-12,15,26H,13-14,25H2,1-3H3/t15-/m0/s1. The second kappa shape index (κ2) is 8.28. The molecule has 0 saturated carbocycles. The van der Waals surface area contributed by atoms with Crippen molar-refractivity contribution in [1.82, 2.24) is 0 Å². The molecule has 7 heteroatoms. The zero-order chi connectivity index (χ0) is 22.1. The lowest BCUT2D eigenvalue weighted by atomic mass is 9.98. The average Bonchev–Trinajstić information content (AvgIpc) is 3.32. The highest BCUT2D eigenvalue weighted by Gasteiger charge is 2.35. The van der Waals surface area contributed by atoms with E-state index in [0.717, 1.165) is 22.4 Å². The maximum Gasteiger partial charge on any atom is 0.294 e. The van der Waals surface area contributed by atoms with Gasteiger partial charge in [-0.2, -0.15) is 0 Å². The van der Waals surface area contributed by atoms with E-state index in [1.165, 1.54) is 6.26 Å². The lowest BCUT2D eigenvalue weighted by molar-refractivity contribution is -0.117. The summed E-state index contributed by atoms with van der Waals surface area (Å²) in [6.45, 7) is 4.27. The lowest BCUT2D eigenvalue weighted by Gasteiger charge is -2.40. The Morgan fingerprint density at radius 1 is 1.13 bits per heavy atom. The number of nitrogens with zero attached hydrogens (tertiary/aromatic N) is 2. The fourth-order valence-electron chi connectivity index (χ4n) is 4.20. The molecule has 2 amide bonds. The van der Waals surface area contributed by atoms with Crippen LogP contribution in [-0.4, -0.2) is 31.4 Å². The van der Waals surface area contributed by atoms with Crippen LogP contribution in [0.25, 0.3) is 11.1 Å². The molecule has 0 bridgehead atoms. The van der Waals surface area contributed by atoms with E-state index in [1.807, 2.05) is 50.4 Å². The second-order valence-electron chi connectivity index (χ2n) is 7.66. The van der Waals surface area contributed by atoms with E-state index in [9.17, 15) is 9.59 Å². The summed E-state index contributed by atoms with van der Waals surface area (Å²) in [4.78, 5) is 29.0. The van der Waals surface area contributed by atoms with Gasteiger partial charge in [-0.1, -0.05) is 12.1 Å². The third kappa shape index (κ3) is 3.68. The number of nitrogens with one attached hydrogen (secondary N) is 1. The number of benzene rings is 2. The van der Waals surface area contributed by atoms with E-state index < -0.39 is 0 Å². The summed E-state index contributed by atoms with van der Waals surface area (Å²) < 4.78 is 5.35. The average molecular weight is 418 g/mol. The summed E-state index contributed by atoms with van der Waals surface area (Å²) in [6.07, 6.45) is 1.48. The zero-order valence-electron chi connectivity index (χ0n) is 17.9. The summed E-state index contributed by atoms with van der Waals surface area (Å²) in [5, 5.41) is 3.15. The smallest absolute Gasteiger partial charge is 0.294 e. The monoisotopic (exact) mass is 418 g/mol. The Balaban J connectivity index is 1.84. The minimum absolute atomic E-state index is 0.0598. The van der Waals surface area contributed by atoms with Crippen molar-refractivity contribution in [2.24, 2.45) is 5.73 Å². The van der Waals surface area contributed by atoms with E-state index in [4.69, 9.17) is 10.2 Å². The molecule has 160 valence electrons. The fourth-order valence-corrected chi connectivity index (χ4v) is 4.20. The van der Waals surface area contributed by atoms with Crippen molar-refractivity contribution in [3.8, 4) is 11.1 Å². The van der Waals surface area contributed by atoms with E-state index in [0.29, 0.717) is 24.5 Å². The van der Waals surface area contributed by atoms with E-state index in [1.54, 1.807) is 28.9 Å². The largest absolute Gasteiger partial charge is 0.459 e. The Bertz CT molecular complexity index is 1120. The summed E-state index contributed by atoms with van der Waals surface area (Å²) in [6, 6.07) is 15.1. The van der Waals surface area contributed by atoms with Gasteiger partial charge in [0, 0.05) is 32.7 Å². The van der Waals surface area contributed by atoms with E-state index in [2.05, 4.69) is 5.32 Å². The predicted molar refractivity (Wildman–Crippen MR) is 122 cm³/mol. The molecule has 2 aromatic carbocycles. The van der Waals surface area contributed by atoms with Gasteiger partial charge in [0.2, 0.25) is 5.91 Å². The van der Waals surface area contributed by atoms with Crippen LogP contribution in [-0.2, 0) is 11.3 Å². The Hall–Kier alpha value is -3.58. The van der Waals surface area contributed by atoms with Gasteiger partial charge >= 0.3 is 0 Å². The Morgan fingerprint density at radius 3 is 2.52 bits per heavy atom. The predicted octanol–water partition coefficient (Wildman–Crippen LogP) is 3.85. The maximum absolute atomic E-state index is 13.2. The number of amides is 2. The third-order valence-electron chi connectivity index (χ3n) is 5.66. The van der Waals surface area contributed by atoms with Crippen molar-refractivity contribution in [2.45, 2.75) is 26.4 Å². The molecule has 31 heavy (non-hydrogen) atoms. The second-order valence-corrected chi connectivity index (χ2v) is 7.66. The minimum Gasteiger partial charge on any atom is -0.459 e. The van der Waals surface area contributed by atoms with Gasteiger partial charge in [0.15, 0.2) is 5.76 Å². The number of carbonyl (C=O) groups excluding carboxylic acids is 2. The van der Waals surface area contributed by atoms with Crippen LogP contribution in [0.3, 0.4) is 0 Å². The molecule has 0 radical (unpaired) electrons. The van der Waals surface area contributed by atoms with Crippen LogP contribution in [0.1, 0.15) is 30.0 Å². The van der Waals surface area contributed by atoms with Gasteiger partial charge in [-0.25, -0.2) is 0 Å². The van der Waals surface area contributed by atoms with Gasteiger partial charge < -0.3 is 25.3 Å². The summed E-state index contributed by atoms with van der Waals surface area (Å²) in [7, 11) is 1.86. The van der Waals surface area contributed by atoms with Crippen molar-refractivity contribution < 1.29 is 14.0 Å². The summed E-state index contributed by atoms with van der Waals surface area (Å²) >= 11 is 0. The van der Waals surface area contributed by atoms with Crippen LogP contribution in [0.15, 0.2) is 59.2 Å².